The maximum atomic E-state index is 12.3. The van der Waals surface area contributed by atoms with Crippen molar-refractivity contribution in [2.75, 3.05) is 12.5 Å². The molecule has 0 spiro atoms. The number of nitrogen functional groups attached to an aromatic ring is 1. The first-order chi connectivity index (χ1) is 10.1. The van der Waals surface area contributed by atoms with Crippen molar-refractivity contribution in [1.82, 2.24) is 9.71 Å². The van der Waals surface area contributed by atoms with Crippen LogP contribution in [0.5, 0.6) is 5.75 Å². The summed E-state index contributed by atoms with van der Waals surface area (Å²) in [4.78, 5) is 3.80. The fourth-order valence-corrected chi connectivity index (χ4v) is 2.88. The molecule has 7 nitrogen and oxygen atoms in total. The summed E-state index contributed by atoms with van der Waals surface area (Å²) in [5.74, 6) is 5.97. The fraction of sp³-hybridized carbons (Fsp3) is 0.154. The van der Waals surface area contributed by atoms with Crippen molar-refractivity contribution in [3.63, 3.8) is 0 Å². The van der Waals surface area contributed by atoms with Crippen LogP contribution in [0.1, 0.15) is 5.56 Å². The summed E-state index contributed by atoms with van der Waals surface area (Å²) >= 11 is 0. The molecule has 0 fully saturated rings. The second kappa shape index (κ2) is 6.53. The van der Waals surface area contributed by atoms with E-state index in [9.17, 15) is 8.42 Å². The van der Waals surface area contributed by atoms with Gasteiger partial charge in [-0.3, -0.25) is 10.8 Å². The van der Waals surface area contributed by atoms with Gasteiger partial charge in [0.05, 0.1) is 12.8 Å². The lowest BCUT2D eigenvalue weighted by Crippen LogP contribution is -2.25. The molecular formula is C13H16N4O3S. The minimum absolute atomic E-state index is 0.00426. The van der Waals surface area contributed by atoms with Crippen LogP contribution in [0.3, 0.4) is 0 Å². The molecule has 21 heavy (non-hydrogen) atoms. The normalized spacial score (nSPS) is 11.1. The summed E-state index contributed by atoms with van der Waals surface area (Å²) in [7, 11) is -2.16. The molecule has 0 aliphatic rings. The van der Waals surface area contributed by atoms with Gasteiger partial charge in [-0.15, -0.1) is 0 Å². The Labute approximate surface area is 123 Å². The highest BCUT2D eigenvalue weighted by molar-refractivity contribution is 7.89. The first kappa shape index (κ1) is 15.2. The van der Waals surface area contributed by atoms with Gasteiger partial charge >= 0.3 is 0 Å². The summed E-state index contributed by atoms with van der Waals surface area (Å²) in [5, 5.41) is 0. The van der Waals surface area contributed by atoms with Crippen molar-refractivity contribution in [2.45, 2.75) is 11.4 Å². The van der Waals surface area contributed by atoms with E-state index in [1.807, 2.05) is 0 Å². The first-order valence-electron chi connectivity index (χ1n) is 6.10. The Kier molecular flexibility index (Phi) is 4.73. The monoisotopic (exact) mass is 308 g/mol. The molecule has 0 saturated carbocycles. The third kappa shape index (κ3) is 3.69. The van der Waals surface area contributed by atoms with Gasteiger partial charge in [-0.2, -0.15) is 0 Å². The van der Waals surface area contributed by atoms with Crippen LogP contribution in [0.4, 0.5) is 5.69 Å². The molecule has 0 unspecified atom stereocenters. The Morgan fingerprint density at radius 3 is 2.86 bits per heavy atom. The molecule has 4 N–H and O–H groups in total. The number of benzene rings is 1. The highest BCUT2D eigenvalue weighted by Crippen LogP contribution is 2.19. The van der Waals surface area contributed by atoms with Crippen LogP contribution in [0, 0.1) is 0 Å². The minimum Gasteiger partial charge on any atom is -0.497 e. The van der Waals surface area contributed by atoms with E-state index in [1.54, 1.807) is 31.4 Å². The van der Waals surface area contributed by atoms with Gasteiger partial charge in [-0.1, -0.05) is 12.1 Å². The molecule has 112 valence electrons. The van der Waals surface area contributed by atoms with E-state index >= 15 is 0 Å². The highest BCUT2D eigenvalue weighted by atomic mass is 32.2. The van der Waals surface area contributed by atoms with Gasteiger partial charge in [0.25, 0.3) is 0 Å². The van der Waals surface area contributed by atoms with E-state index in [-0.39, 0.29) is 17.1 Å². The predicted molar refractivity (Wildman–Crippen MR) is 79.1 cm³/mol. The second-order valence-electron chi connectivity index (χ2n) is 4.19. The molecule has 0 aliphatic heterocycles. The maximum Gasteiger partial charge on any atom is 0.244 e. The van der Waals surface area contributed by atoms with Gasteiger partial charge in [0.2, 0.25) is 10.0 Å². The number of hydrazine groups is 1. The largest absolute Gasteiger partial charge is 0.497 e. The second-order valence-corrected chi connectivity index (χ2v) is 5.93. The molecule has 0 aliphatic carbocycles. The highest BCUT2D eigenvalue weighted by Gasteiger charge is 2.18. The van der Waals surface area contributed by atoms with Crippen LogP contribution in [0.15, 0.2) is 47.6 Å². The van der Waals surface area contributed by atoms with Crippen molar-refractivity contribution in [2.24, 2.45) is 5.84 Å². The number of nitrogens with one attached hydrogen (secondary N) is 2. The van der Waals surface area contributed by atoms with Crippen LogP contribution in [0.2, 0.25) is 0 Å². The van der Waals surface area contributed by atoms with Gasteiger partial charge in [-0.05, 0) is 23.8 Å². The Morgan fingerprint density at radius 2 is 2.14 bits per heavy atom. The van der Waals surface area contributed by atoms with Crippen LogP contribution in [-0.4, -0.2) is 20.5 Å². The molecule has 1 aromatic heterocycles. The zero-order valence-corrected chi connectivity index (χ0v) is 12.2. The van der Waals surface area contributed by atoms with E-state index in [0.717, 1.165) is 5.56 Å². The van der Waals surface area contributed by atoms with Crippen molar-refractivity contribution in [1.29, 1.82) is 0 Å². The molecule has 2 rings (SSSR count). The summed E-state index contributed by atoms with van der Waals surface area (Å²) in [6.07, 6.45) is 2.69. The molecule has 1 heterocycles. The quantitative estimate of drug-likeness (QED) is 0.539. The number of methoxy groups -OCH3 is 1. The van der Waals surface area contributed by atoms with E-state index in [2.05, 4.69) is 15.1 Å². The van der Waals surface area contributed by atoms with Crippen molar-refractivity contribution in [3.8, 4) is 5.75 Å². The molecule has 8 heteroatoms. The van der Waals surface area contributed by atoms with Crippen LogP contribution in [-0.2, 0) is 16.6 Å². The predicted octanol–water partition coefficient (Wildman–Crippen LogP) is 0.854. The van der Waals surface area contributed by atoms with Gasteiger partial charge in [0.15, 0.2) is 0 Å². The summed E-state index contributed by atoms with van der Waals surface area (Å²) < 4.78 is 32.1. The number of rotatable bonds is 6. The molecule has 0 radical (unpaired) electrons. The topological polar surface area (TPSA) is 106 Å². The third-order valence-electron chi connectivity index (χ3n) is 2.83. The number of ether oxygens (including phenoxy) is 1. The SMILES string of the molecule is COc1cccc(CNS(=O)(=O)c2cnccc2NN)c1. The zero-order chi connectivity index (χ0) is 15.3. The lowest BCUT2D eigenvalue weighted by Gasteiger charge is -2.10. The Bertz CT molecular complexity index is 719. The molecule has 0 amide bonds. The average Bonchev–Trinajstić information content (AvgIpc) is 2.53. The standard InChI is InChI=1S/C13H16N4O3S/c1-20-11-4-2-3-10(7-11)8-16-21(18,19)13-9-15-6-5-12(13)17-14/h2-7,9,16H,8,14H2,1H3,(H,15,17). The zero-order valence-electron chi connectivity index (χ0n) is 11.4. The van der Waals surface area contributed by atoms with Crippen LogP contribution < -0.4 is 20.7 Å². The number of hydrogen-bond donors (Lipinski definition) is 3. The summed E-state index contributed by atoms with van der Waals surface area (Å²) in [6.45, 7) is 0.137. The number of hydrogen-bond acceptors (Lipinski definition) is 6. The van der Waals surface area contributed by atoms with Crippen molar-refractivity contribution < 1.29 is 13.2 Å². The third-order valence-corrected chi connectivity index (χ3v) is 4.26. The lowest BCUT2D eigenvalue weighted by molar-refractivity contribution is 0.414. The smallest absolute Gasteiger partial charge is 0.244 e. The molecule has 0 atom stereocenters. The molecule has 0 saturated heterocycles. The van der Waals surface area contributed by atoms with Gasteiger partial charge < -0.3 is 10.2 Å². The maximum absolute atomic E-state index is 12.3. The molecule has 2 aromatic rings. The number of aromatic nitrogens is 1. The number of pyridine rings is 1. The van der Waals surface area contributed by atoms with Crippen molar-refractivity contribution in [3.05, 3.63) is 48.3 Å². The molecule has 1 aromatic carbocycles. The fourth-order valence-electron chi connectivity index (χ4n) is 1.75. The number of nitrogens with zero attached hydrogens (tertiary/aromatic N) is 1. The number of sulfonamides is 1. The Balaban J connectivity index is 2.18. The first-order valence-corrected chi connectivity index (χ1v) is 7.58. The van der Waals surface area contributed by atoms with Gasteiger partial charge in [-0.25, -0.2) is 13.1 Å². The van der Waals surface area contributed by atoms with E-state index in [4.69, 9.17) is 10.6 Å². The van der Waals surface area contributed by atoms with E-state index < -0.39 is 10.0 Å². The average molecular weight is 308 g/mol. The molecular weight excluding hydrogens is 292 g/mol. The van der Waals surface area contributed by atoms with Gasteiger partial charge in [0, 0.05) is 18.9 Å². The Morgan fingerprint density at radius 1 is 1.33 bits per heavy atom. The summed E-state index contributed by atoms with van der Waals surface area (Å²) in [5.41, 5.74) is 3.40. The van der Waals surface area contributed by atoms with Crippen molar-refractivity contribution >= 4 is 15.7 Å². The number of nitrogens with two attached hydrogens (primary N) is 1. The van der Waals surface area contributed by atoms with E-state index in [1.165, 1.54) is 18.5 Å². The van der Waals surface area contributed by atoms with Crippen LogP contribution in [0.25, 0.3) is 0 Å². The Hall–Kier alpha value is -2.16. The summed E-state index contributed by atoms with van der Waals surface area (Å²) in [6, 6.07) is 8.62. The molecule has 0 bridgehead atoms. The number of anilines is 1. The van der Waals surface area contributed by atoms with Crippen LogP contribution >= 0.6 is 0 Å². The minimum atomic E-state index is -3.72. The van der Waals surface area contributed by atoms with Gasteiger partial charge in [0.1, 0.15) is 10.6 Å². The van der Waals surface area contributed by atoms with E-state index in [0.29, 0.717) is 5.75 Å². The lowest BCUT2D eigenvalue weighted by atomic mass is 10.2.